The number of alkyl halides is 3. The lowest BCUT2D eigenvalue weighted by Gasteiger charge is -2.24. The van der Waals surface area contributed by atoms with Gasteiger partial charge in [-0.05, 0) is 88.1 Å². The zero-order valence-corrected chi connectivity index (χ0v) is 24.9. The van der Waals surface area contributed by atoms with Crippen LogP contribution in [0.1, 0.15) is 40.7 Å². The van der Waals surface area contributed by atoms with Gasteiger partial charge in [0.05, 0.1) is 28.2 Å². The van der Waals surface area contributed by atoms with Gasteiger partial charge in [-0.3, -0.25) is 4.79 Å². The number of aromatic nitrogens is 3. The van der Waals surface area contributed by atoms with Gasteiger partial charge in [-0.15, -0.1) is 0 Å². The number of hydrogen-bond donors (Lipinski definition) is 1. The van der Waals surface area contributed by atoms with Crippen LogP contribution in [0.2, 0.25) is 0 Å². The van der Waals surface area contributed by atoms with Gasteiger partial charge in [0, 0.05) is 38.0 Å². The summed E-state index contributed by atoms with van der Waals surface area (Å²) >= 11 is 0. The van der Waals surface area contributed by atoms with Gasteiger partial charge in [-0.2, -0.15) is 13.2 Å². The topological polar surface area (TPSA) is 83.5 Å². The molecule has 0 bridgehead atoms. The molecule has 4 aromatic rings. The summed E-state index contributed by atoms with van der Waals surface area (Å²) < 4.78 is 47.0. The molecule has 0 spiro atoms. The highest BCUT2D eigenvalue weighted by atomic mass is 19.4. The van der Waals surface area contributed by atoms with Crippen LogP contribution in [-0.4, -0.2) is 60.0 Å². The van der Waals surface area contributed by atoms with Gasteiger partial charge in [-0.25, -0.2) is 15.0 Å². The summed E-state index contributed by atoms with van der Waals surface area (Å²) in [5.74, 6) is 0.780. The van der Waals surface area contributed by atoms with Crippen LogP contribution in [0.25, 0.3) is 11.3 Å². The molecule has 0 radical (unpaired) electrons. The zero-order valence-electron chi connectivity index (χ0n) is 24.9. The maximum absolute atomic E-state index is 13.6. The summed E-state index contributed by atoms with van der Waals surface area (Å²) in [6.45, 7) is 5.19. The number of hydrogen-bond acceptors (Lipinski definition) is 7. The Hall–Kier alpha value is -4.51. The van der Waals surface area contributed by atoms with Crippen molar-refractivity contribution < 1.29 is 22.7 Å². The van der Waals surface area contributed by atoms with Crippen molar-refractivity contribution in [3.8, 4) is 22.9 Å². The van der Waals surface area contributed by atoms with Crippen molar-refractivity contribution in [1.29, 1.82) is 0 Å². The Morgan fingerprint density at radius 2 is 1.77 bits per heavy atom. The second-order valence-corrected chi connectivity index (χ2v) is 10.4. The molecule has 43 heavy (non-hydrogen) atoms. The Kier molecular flexibility index (Phi) is 9.97. The molecule has 0 unspecified atom stereocenters. The number of pyridine rings is 1. The number of amides is 1. The molecule has 2 aromatic carbocycles. The molecule has 0 atom stereocenters. The number of rotatable bonds is 11. The minimum atomic E-state index is -4.56. The highest BCUT2D eigenvalue weighted by Crippen LogP contribution is 2.36. The monoisotopic (exact) mass is 592 g/mol. The normalized spacial score (nSPS) is 11.5. The quantitative estimate of drug-likeness (QED) is 0.204. The second-order valence-electron chi connectivity index (χ2n) is 10.4. The van der Waals surface area contributed by atoms with Crippen molar-refractivity contribution >= 4 is 17.3 Å². The van der Waals surface area contributed by atoms with Crippen LogP contribution < -0.4 is 15.0 Å². The Bertz CT molecular complexity index is 1580. The summed E-state index contributed by atoms with van der Waals surface area (Å²) in [4.78, 5) is 30.5. The van der Waals surface area contributed by atoms with Gasteiger partial charge in [0.15, 0.2) is 0 Å². The highest BCUT2D eigenvalue weighted by molar-refractivity contribution is 6.06. The number of nitrogens with zero attached hydrogens (tertiary/aromatic N) is 5. The van der Waals surface area contributed by atoms with Crippen molar-refractivity contribution in [3.63, 3.8) is 0 Å². The van der Waals surface area contributed by atoms with E-state index in [1.54, 1.807) is 49.8 Å². The molecule has 2 heterocycles. The fraction of sp³-hybridized carbons (Fsp3) is 0.312. The molecule has 1 N–H and O–H groups in total. The Labute approximate surface area is 249 Å². The molecule has 0 aliphatic heterocycles. The van der Waals surface area contributed by atoms with Gasteiger partial charge < -0.3 is 19.9 Å². The minimum Gasteiger partial charge on any atom is -0.438 e. The third-order valence-electron chi connectivity index (χ3n) is 6.81. The van der Waals surface area contributed by atoms with Crippen molar-refractivity contribution in [2.24, 2.45) is 0 Å². The standard InChI is InChI=1S/C32H35F3N6O2/c1-6-29-36-16-14-25(38-29)24-9-7-15-37-31(24)43-28-19-22(11-10-21(28)2)30(42)39-26-20-23(32(33,34)35)12-13-27(26)41(5)18-8-17-40(3)4/h7,9-16,19-20H,6,8,17-18H2,1-5H3,(H,39,42). The van der Waals surface area contributed by atoms with Crippen LogP contribution in [0.4, 0.5) is 24.5 Å². The molecule has 0 saturated carbocycles. The molecule has 2 aromatic heterocycles. The van der Waals surface area contributed by atoms with Gasteiger partial charge in [0.25, 0.3) is 5.91 Å². The van der Waals surface area contributed by atoms with Crippen molar-refractivity contribution in [2.45, 2.75) is 32.9 Å². The Morgan fingerprint density at radius 1 is 0.977 bits per heavy atom. The maximum Gasteiger partial charge on any atom is 0.416 e. The number of carbonyl (C=O) groups is 1. The summed E-state index contributed by atoms with van der Waals surface area (Å²) in [7, 11) is 5.70. The van der Waals surface area contributed by atoms with Crippen molar-refractivity contribution in [3.05, 3.63) is 89.5 Å². The van der Waals surface area contributed by atoms with Crippen LogP contribution in [0.5, 0.6) is 11.6 Å². The fourth-order valence-corrected chi connectivity index (χ4v) is 4.43. The molecule has 0 fully saturated rings. The smallest absolute Gasteiger partial charge is 0.416 e. The molecule has 4 rings (SSSR count). The second kappa shape index (κ2) is 13.6. The van der Waals surface area contributed by atoms with Crippen LogP contribution in [-0.2, 0) is 12.6 Å². The van der Waals surface area contributed by atoms with Gasteiger partial charge in [-0.1, -0.05) is 13.0 Å². The minimum absolute atomic E-state index is 0.0673. The van der Waals surface area contributed by atoms with Crippen molar-refractivity contribution in [2.75, 3.05) is 44.4 Å². The number of aryl methyl sites for hydroxylation is 2. The van der Waals surface area contributed by atoms with Crippen LogP contribution in [0.15, 0.2) is 67.0 Å². The first kappa shape index (κ1) is 31.4. The molecule has 8 nitrogen and oxygen atoms in total. The van der Waals surface area contributed by atoms with E-state index >= 15 is 0 Å². The molecule has 226 valence electrons. The van der Waals surface area contributed by atoms with Gasteiger partial charge >= 0.3 is 6.18 Å². The Morgan fingerprint density at radius 3 is 2.49 bits per heavy atom. The lowest BCUT2D eigenvalue weighted by Crippen LogP contribution is -2.25. The first-order valence-electron chi connectivity index (χ1n) is 13.9. The number of ether oxygens (including phenoxy) is 1. The number of nitrogens with one attached hydrogen (secondary N) is 1. The molecule has 0 aliphatic rings. The van der Waals surface area contributed by atoms with E-state index in [2.05, 4.69) is 20.3 Å². The highest BCUT2D eigenvalue weighted by Gasteiger charge is 2.31. The summed E-state index contributed by atoms with van der Waals surface area (Å²) in [6, 6.07) is 13.6. The van der Waals surface area contributed by atoms with E-state index in [0.717, 1.165) is 30.7 Å². The first-order chi connectivity index (χ1) is 20.5. The van der Waals surface area contributed by atoms with Gasteiger partial charge in [0.1, 0.15) is 11.6 Å². The number of anilines is 2. The summed E-state index contributed by atoms with van der Waals surface area (Å²) in [6.07, 6.45) is 0.169. The predicted octanol–water partition coefficient (Wildman–Crippen LogP) is 6.86. The SMILES string of the molecule is CCc1nccc(-c2cccnc2Oc2cc(C(=O)Nc3cc(C(F)(F)F)ccc3N(C)CCCN(C)C)ccc2C)n1. The van der Waals surface area contributed by atoms with Gasteiger partial charge in [0.2, 0.25) is 5.88 Å². The largest absolute Gasteiger partial charge is 0.438 e. The van der Waals surface area contributed by atoms with Crippen LogP contribution in [0.3, 0.4) is 0 Å². The van der Waals surface area contributed by atoms with E-state index in [0.29, 0.717) is 47.4 Å². The van der Waals surface area contributed by atoms with E-state index in [-0.39, 0.29) is 11.3 Å². The van der Waals surface area contributed by atoms with Crippen LogP contribution >= 0.6 is 0 Å². The zero-order chi connectivity index (χ0) is 31.1. The average Bonchev–Trinajstić information content (AvgIpc) is 2.97. The summed E-state index contributed by atoms with van der Waals surface area (Å²) in [5.41, 5.74) is 1.96. The lowest BCUT2D eigenvalue weighted by atomic mass is 10.1. The number of benzene rings is 2. The average molecular weight is 593 g/mol. The van der Waals surface area contributed by atoms with E-state index in [1.807, 2.05) is 43.8 Å². The summed E-state index contributed by atoms with van der Waals surface area (Å²) in [5, 5.41) is 2.70. The molecule has 0 aliphatic carbocycles. The fourth-order valence-electron chi connectivity index (χ4n) is 4.43. The van der Waals surface area contributed by atoms with E-state index in [9.17, 15) is 18.0 Å². The van der Waals surface area contributed by atoms with E-state index < -0.39 is 17.6 Å². The molecule has 0 saturated heterocycles. The van der Waals surface area contributed by atoms with Crippen molar-refractivity contribution in [1.82, 2.24) is 19.9 Å². The molecular weight excluding hydrogens is 557 g/mol. The Balaban J connectivity index is 1.62. The van der Waals surface area contributed by atoms with E-state index in [1.165, 1.54) is 6.07 Å². The maximum atomic E-state index is 13.6. The van der Waals surface area contributed by atoms with E-state index in [4.69, 9.17) is 4.74 Å². The molecular formula is C32H35F3N6O2. The predicted molar refractivity (Wildman–Crippen MR) is 162 cm³/mol. The number of halogens is 3. The lowest BCUT2D eigenvalue weighted by molar-refractivity contribution is -0.137. The molecule has 11 heteroatoms. The molecule has 1 amide bonds. The van der Waals surface area contributed by atoms with Crippen LogP contribution in [0, 0.1) is 6.92 Å². The first-order valence-corrected chi connectivity index (χ1v) is 13.9. The number of carbonyl (C=O) groups excluding carboxylic acids is 1. The third kappa shape index (κ3) is 8.07. The third-order valence-corrected chi connectivity index (χ3v) is 6.81.